The van der Waals surface area contributed by atoms with E-state index in [1.165, 1.54) is 0 Å². The van der Waals surface area contributed by atoms with E-state index in [-0.39, 0.29) is 31.9 Å². The Hall–Kier alpha value is 0.0274. The zero-order chi connectivity index (χ0) is 6.41. The van der Waals surface area contributed by atoms with Crippen molar-refractivity contribution in [3.05, 3.63) is 0 Å². The molecule has 0 saturated heterocycles. The first-order valence-corrected chi connectivity index (χ1v) is 2.60. The summed E-state index contributed by atoms with van der Waals surface area (Å²) in [7, 11) is 0. The van der Waals surface area contributed by atoms with Gasteiger partial charge in [-0.1, -0.05) is 0 Å². The van der Waals surface area contributed by atoms with Crippen LogP contribution in [-0.4, -0.2) is 41.6 Å². The minimum atomic E-state index is -0.793. The number of carboxylic acid groups (broad SMARTS) is 1. The maximum absolute atomic E-state index is 9.79. The third-order valence-corrected chi connectivity index (χ3v) is 0.799. The Kier molecular flexibility index (Phi) is 10.5. The van der Waals surface area contributed by atoms with E-state index in [1.54, 1.807) is 0 Å². The molecule has 0 fully saturated rings. The van der Waals surface area contributed by atoms with E-state index in [4.69, 9.17) is 10.2 Å². The third kappa shape index (κ3) is 11.5. The van der Waals surface area contributed by atoms with Crippen LogP contribution in [-0.2, 0) is 4.79 Å². The molecule has 0 amide bonds. The summed E-state index contributed by atoms with van der Waals surface area (Å²) in [4.78, 5) is 9.79. The molecule has 0 unspecified atom stereocenters. The second kappa shape index (κ2) is 8.03. The summed E-state index contributed by atoms with van der Waals surface area (Å²) >= 11 is 0. The Bertz CT molecular complexity index is 74.6. The molecule has 0 aliphatic heterocycles. The van der Waals surface area contributed by atoms with Gasteiger partial charge in [-0.3, -0.25) is 4.79 Å². The van der Waals surface area contributed by atoms with Crippen molar-refractivity contribution in [3.63, 3.8) is 0 Å². The summed E-state index contributed by atoms with van der Waals surface area (Å²) in [6.07, 6.45) is 1.33. The summed E-state index contributed by atoms with van der Waals surface area (Å²) in [6.45, 7) is 0.0906. The van der Waals surface area contributed by atoms with Gasteiger partial charge in [0.25, 0.3) is 0 Å². The van der Waals surface area contributed by atoms with Gasteiger partial charge in [-0.15, -0.1) is 0 Å². The van der Waals surface area contributed by atoms with Gasteiger partial charge in [0, 0.05) is 13.0 Å². The molecule has 0 rings (SSSR count). The van der Waals surface area contributed by atoms with E-state index < -0.39 is 5.97 Å². The first-order chi connectivity index (χ1) is 3.77. The second-order valence-corrected chi connectivity index (χ2v) is 1.57. The molecule has 0 radical (unpaired) electrons. The van der Waals surface area contributed by atoms with E-state index in [1.807, 2.05) is 0 Å². The van der Waals surface area contributed by atoms with Gasteiger partial charge >= 0.3 is 24.8 Å². The third-order valence-electron chi connectivity index (χ3n) is 0.799. The van der Waals surface area contributed by atoms with Crippen LogP contribution in [0.2, 0.25) is 0 Å². The average Bonchev–Trinajstić information content (AvgIpc) is 1.66. The van der Waals surface area contributed by atoms with Crippen molar-refractivity contribution < 1.29 is 15.0 Å². The molecule has 0 aliphatic rings. The minimum absolute atomic E-state index is 0. The van der Waals surface area contributed by atoms with Crippen LogP contribution in [0.3, 0.4) is 0 Å². The predicted molar refractivity (Wildman–Crippen MR) is 35.7 cm³/mol. The predicted octanol–water partition coefficient (Wildman–Crippen LogP) is -0.415. The molecule has 2 N–H and O–H groups in total. The molecule has 0 atom stereocenters. The Labute approximate surface area is 66.2 Å². The van der Waals surface area contributed by atoms with E-state index in [0.717, 1.165) is 0 Å². The van der Waals surface area contributed by atoms with Gasteiger partial charge < -0.3 is 10.2 Å². The van der Waals surface area contributed by atoms with Crippen molar-refractivity contribution in [2.45, 2.75) is 19.3 Å². The molecule has 0 aromatic heterocycles. The van der Waals surface area contributed by atoms with Crippen molar-refractivity contribution in [3.8, 4) is 0 Å². The summed E-state index contributed by atoms with van der Waals surface area (Å²) < 4.78 is 0. The zero-order valence-corrected chi connectivity index (χ0v) is 4.63. The number of hydrogen-bond donors (Lipinski definition) is 2. The molecule has 0 spiro atoms. The number of unbranched alkanes of at least 4 members (excludes halogenated alkanes) is 1. The van der Waals surface area contributed by atoms with E-state index in [9.17, 15) is 4.79 Å². The van der Waals surface area contributed by atoms with Crippen LogP contribution in [0.1, 0.15) is 19.3 Å². The molecular formula is C5H11LiO3. The summed E-state index contributed by atoms with van der Waals surface area (Å²) in [5.41, 5.74) is 0. The summed E-state index contributed by atoms with van der Waals surface area (Å²) in [6, 6.07) is 0. The van der Waals surface area contributed by atoms with Gasteiger partial charge in [0.1, 0.15) is 0 Å². The fourth-order valence-corrected chi connectivity index (χ4v) is 0.388. The van der Waals surface area contributed by atoms with Crippen LogP contribution in [0.4, 0.5) is 0 Å². The monoisotopic (exact) mass is 126 g/mol. The van der Waals surface area contributed by atoms with Gasteiger partial charge in [-0.2, -0.15) is 0 Å². The van der Waals surface area contributed by atoms with E-state index in [2.05, 4.69) is 0 Å². The molecule has 4 heteroatoms. The SMILES string of the molecule is O=C(O)CCCCO.[LiH]. The molecule has 3 nitrogen and oxygen atoms in total. The molecule has 0 aromatic carbocycles. The number of rotatable bonds is 4. The van der Waals surface area contributed by atoms with Crippen LogP contribution < -0.4 is 0 Å². The first-order valence-electron chi connectivity index (χ1n) is 2.60. The number of aliphatic carboxylic acids is 1. The van der Waals surface area contributed by atoms with Gasteiger partial charge in [0.2, 0.25) is 0 Å². The quantitative estimate of drug-likeness (QED) is 0.397. The Morgan fingerprint density at radius 1 is 1.33 bits per heavy atom. The van der Waals surface area contributed by atoms with Crippen molar-refractivity contribution in [2.24, 2.45) is 0 Å². The van der Waals surface area contributed by atoms with Gasteiger partial charge in [0.15, 0.2) is 0 Å². The molecule has 0 heterocycles. The molecular weight excluding hydrogens is 115 g/mol. The summed E-state index contributed by atoms with van der Waals surface area (Å²) in [5, 5.41) is 16.2. The van der Waals surface area contributed by atoms with Crippen LogP contribution in [0.5, 0.6) is 0 Å². The Morgan fingerprint density at radius 2 is 1.89 bits per heavy atom. The van der Waals surface area contributed by atoms with E-state index in [0.29, 0.717) is 12.8 Å². The fourth-order valence-electron chi connectivity index (χ4n) is 0.388. The van der Waals surface area contributed by atoms with E-state index >= 15 is 0 Å². The zero-order valence-electron chi connectivity index (χ0n) is 4.63. The van der Waals surface area contributed by atoms with Crippen molar-refractivity contribution in [1.29, 1.82) is 0 Å². The number of hydrogen-bond acceptors (Lipinski definition) is 2. The van der Waals surface area contributed by atoms with Crippen molar-refractivity contribution in [2.75, 3.05) is 6.61 Å². The Balaban J connectivity index is 0. The maximum atomic E-state index is 9.79. The molecule has 0 aliphatic carbocycles. The molecule has 0 bridgehead atoms. The first kappa shape index (κ1) is 11.8. The fraction of sp³-hybridized carbons (Fsp3) is 0.800. The Morgan fingerprint density at radius 3 is 2.22 bits per heavy atom. The van der Waals surface area contributed by atoms with Crippen LogP contribution in [0.15, 0.2) is 0 Å². The molecule has 0 aromatic rings. The average molecular weight is 126 g/mol. The van der Waals surface area contributed by atoms with Gasteiger partial charge in [-0.25, -0.2) is 0 Å². The number of carbonyl (C=O) groups is 1. The summed E-state index contributed by atoms with van der Waals surface area (Å²) in [5.74, 6) is -0.793. The van der Waals surface area contributed by atoms with Crippen LogP contribution in [0.25, 0.3) is 0 Å². The van der Waals surface area contributed by atoms with Crippen LogP contribution in [0, 0.1) is 0 Å². The standard InChI is InChI=1S/C5H10O3.Li.H/c6-4-2-1-3-5(7)8;;/h6H,1-4H2,(H,7,8);;. The second-order valence-electron chi connectivity index (χ2n) is 1.57. The number of aliphatic hydroxyl groups excluding tert-OH is 1. The molecule has 50 valence electrons. The van der Waals surface area contributed by atoms with Crippen molar-refractivity contribution >= 4 is 24.8 Å². The molecule has 0 saturated carbocycles. The van der Waals surface area contributed by atoms with Gasteiger partial charge in [-0.05, 0) is 12.8 Å². The number of carboxylic acids is 1. The normalized spacial score (nSPS) is 8.11. The van der Waals surface area contributed by atoms with Gasteiger partial charge in [0.05, 0.1) is 0 Å². The number of aliphatic hydroxyl groups is 1. The topological polar surface area (TPSA) is 57.5 Å². The molecule has 9 heavy (non-hydrogen) atoms. The van der Waals surface area contributed by atoms with Crippen LogP contribution >= 0.6 is 0 Å². The van der Waals surface area contributed by atoms with Crippen molar-refractivity contribution in [1.82, 2.24) is 0 Å².